The van der Waals surface area contributed by atoms with Crippen LogP contribution < -0.4 is 11.1 Å². The summed E-state index contributed by atoms with van der Waals surface area (Å²) >= 11 is 0. The van der Waals surface area contributed by atoms with Crippen LogP contribution in [0.25, 0.3) is 0 Å². The predicted octanol–water partition coefficient (Wildman–Crippen LogP) is -1.04. The molecule has 8 heteroatoms. The molecular weight excluding hydrogens is 226 g/mol. The van der Waals surface area contributed by atoms with Gasteiger partial charge in [-0.3, -0.25) is 4.79 Å². The van der Waals surface area contributed by atoms with Gasteiger partial charge >= 0.3 is 5.97 Å². The van der Waals surface area contributed by atoms with E-state index in [0.29, 0.717) is 6.54 Å². The maximum atomic E-state index is 11.4. The molecule has 0 radical (unpaired) electrons. The summed E-state index contributed by atoms with van der Waals surface area (Å²) in [4.78, 5) is 22.2. The lowest BCUT2D eigenvalue weighted by atomic mass is 10.3. The van der Waals surface area contributed by atoms with E-state index in [1.165, 1.54) is 4.68 Å². The van der Waals surface area contributed by atoms with Crippen molar-refractivity contribution in [1.29, 1.82) is 0 Å². The van der Waals surface area contributed by atoms with Crippen LogP contribution in [0.2, 0.25) is 0 Å². The second kappa shape index (κ2) is 5.94. The maximum absolute atomic E-state index is 11.4. The van der Waals surface area contributed by atoms with Crippen molar-refractivity contribution in [2.24, 2.45) is 5.73 Å². The summed E-state index contributed by atoms with van der Waals surface area (Å²) in [6, 6.07) is 0. The van der Waals surface area contributed by atoms with Crippen molar-refractivity contribution in [3.8, 4) is 0 Å². The highest BCUT2D eigenvalue weighted by molar-refractivity contribution is 5.86. The van der Waals surface area contributed by atoms with Gasteiger partial charge in [-0.25, -0.2) is 9.48 Å². The van der Waals surface area contributed by atoms with Crippen LogP contribution in [0.3, 0.4) is 0 Å². The summed E-state index contributed by atoms with van der Waals surface area (Å²) in [6.45, 7) is 2.39. The fourth-order valence-corrected chi connectivity index (χ4v) is 1.28. The van der Waals surface area contributed by atoms with E-state index in [-0.39, 0.29) is 30.4 Å². The molecule has 1 aromatic rings. The molecule has 0 saturated carbocycles. The highest BCUT2D eigenvalue weighted by Gasteiger charge is 2.18. The van der Waals surface area contributed by atoms with Gasteiger partial charge in [0.1, 0.15) is 6.54 Å². The molecule has 94 valence electrons. The van der Waals surface area contributed by atoms with Crippen LogP contribution in [-0.2, 0) is 17.9 Å². The third-order valence-electron chi connectivity index (χ3n) is 2.10. The molecule has 1 aromatic heterocycles. The smallest absolute Gasteiger partial charge is 0.358 e. The minimum absolute atomic E-state index is 0.0321. The summed E-state index contributed by atoms with van der Waals surface area (Å²) in [6.07, 6.45) is 0.827. The van der Waals surface area contributed by atoms with Gasteiger partial charge in [0, 0.05) is 13.1 Å². The molecule has 0 fully saturated rings. The summed E-state index contributed by atoms with van der Waals surface area (Å²) < 4.78 is 1.20. The van der Waals surface area contributed by atoms with Crippen molar-refractivity contribution >= 4 is 11.9 Å². The van der Waals surface area contributed by atoms with Gasteiger partial charge in [0.25, 0.3) is 0 Å². The summed E-state index contributed by atoms with van der Waals surface area (Å²) in [7, 11) is 0. The number of hydrogen-bond acceptors (Lipinski definition) is 5. The van der Waals surface area contributed by atoms with E-state index < -0.39 is 5.97 Å². The second-order valence-electron chi connectivity index (χ2n) is 3.40. The number of aromatic nitrogens is 3. The average Bonchev–Trinajstić information content (AvgIpc) is 2.69. The lowest BCUT2D eigenvalue weighted by Crippen LogP contribution is -2.29. The molecule has 0 atom stereocenters. The van der Waals surface area contributed by atoms with Crippen LogP contribution in [0.15, 0.2) is 0 Å². The molecule has 0 unspecified atom stereocenters. The van der Waals surface area contributed by atoms with Gasteiger partial charge < -0.3 is 16.2 Å². The summed E-state index contributed by atoms with van der Waals surface area (Å²) in [5.74, 6) is -1.45. The predicted molar refractivity (Wildman–Crippen MR) is 58.2 cm³/mol. The van der Waals surface area contributed by atoms with Crippen molar-refractivity contribution in [2.75, 3.05) is 6.54 Å². The first-order chi connectivity index (χ1) is 8.10. The molecule has 0 bridgehead atoms. The molecule has 8 nitrogen and oxygen atoms in total. The minimum atomic E-state index is -1.20. The van der Waals surface area contributed by atoms with Crippen LogP contribution in [0.4, 0.5) is 0 Å². The van der Waals surface area contributed by atoms with Crippen molar-refractivity contribution in [1.82, 2.24) is 20.3 Å². The van der Waals surface area contributed by atoms with Gasteiger partial charge in [0.2, 0.25) is 5.91 Å². The Bertz CT molecular complexity index is 415. The highest BCUT2D eigenvalue weighted by atomic mass is 16.4. The van der Waals surface area contributed by atoms with Crippen LogP contribution in [0, 0.1) is 0 Å². The Balaban J connectivity index is 2.77. The van der Waals surface area contributed by atoms with E-state index in [1.54, 1.807) is 0 Å². The highest BCUT2D eigenvalue weighted by Crippen LogP contribution is 2.04. The number of amides is 1. The van der Waals surface area contributed by atoms with Crippen LogP contribution in [0.1, 0.15) is 29.5 Å². The van der Waals surface area contributed by atoms with E-state index in [2.05, 4.69) is 15.6 Å². The largest absolute Gasteiger partial charge is 0.476 e. The SMILES string of the molecule is CCCNC(=O)Cn1nnc(C(=O)O)c1CN. The van der Waals surface area contributed by atoms with Gasteiger partial charge in [0.15, 0.2) is 5.69 Å². The zero-order valence-corrected chi connectivity index (χ0v) is 9.51. The number of carboxylic acids is 1. The Morgan fingerprint density at radius 3 is 2.76 bits per heavy atom. The molecule has 4 N–H and O–H groups in total. The molecule has 0 saturated heterocycles. The number of nitrogens with two attached hydrogens (primary N) is 1. The van der Waals surface area contributed by atoms with E-state index in [0.717, 1.165) is 6.42 Å². The van der Waals surface area contributed by atoms with E-state index in [1.807, 2.05) is 6.92 Å². The Morgan fingerprint density at radius 2 is 2.24 bits per heavy atom. The second-order valence-corrected chi connectivity index (χ2v) is 3.40. The number of carbonyl (C=O) groups excluding carboxylic acids is 1. The van der Waals surface area contributed by atoms with Crippen molar-refractivity contribution in [2.45, 2.75) is 26.4 Å². The van der Waals surface area contributed by atoms with Crippen molar-refractivity contribution in [3.05, 3.63) is 11.4 Å². The third kappa shape index (κ3) is 3.25. The standard InChI is InChI=1S/C9H15N5O3/c1-2-3-11-7(15)5-14-6(4-10)8(9(16)17)12-13-14/h2-5,10H2,1H3,(H,11,15)(H,16,17). The first-order valence-electron chi connectivity index (χ1n) is 5.22. The maximum Gasteiger partial charge on any atom is 0.358 e. The number of rotatable bonds is 6. The van der Waals surface area contributed by atoms with Crippen molar-refractivity contribution in [3.63, 3.8) is 0 Å². The molecule has 1 rings (SSSR count). The lowest BCUT2D eigenvalue weighted by molar-refractivity contribution is -0.121. The molecule has 1 heterocycles. The fourth-order valence-electron chi connectivity index (χ4n) is 1.28. The van der Waals surface area contributed by atoms with Gasteiger partial charge in [0.05, 0.1) is 5.69 Å². The third-order valence-corrected chi connectivity index (χ3v) is 2.10. The quantitative estimate of drug-likeness (QED) is 0.584. The van der Waals surface area contributed by atoms with Crippen LogP contribution >= 0.6 is 0 Å². The van der Waals surface area contributed by atoms with E-state index in [4.69, 9.17) is 10.8 Å². The first kappa shape index (κ1) is 13.1. The zero-order valence-electron chi connectivity index (χ0n) is 9.51. The van der Waals surface area contributed by atoms with Gasteiger partial charge in [-0.15, -0.1) is 5.10 Å². The van der Waals surface area contributed by atoms with Gasteiger partial charge in [-0.1, -0.05) is 12.1 Å². The Labute approximate surface area is 97.8 Å². The Kier molecular flexibility index (Phi) is 4.58. The fraction of sp³-hybridized carbons (Fsp3) is 0.556. The number of aromatic carboxylic acids is 1. The summed E-state index contributed by atoms with van der Waals surface area (Å²) in [5, 5.41) is 18.5. The van der Waals surface area contributed by atoms with Gasteiger partial charge in [-0.05, 0) is 6.42 Å². The van der Waals surface area contributed by atoms with E-state index >= 15 is 0 Å². The molecule has 17 heavy (non-hydrogen) atoms. The number of carboxylic acid groups (broad SMARTS) is 1. The minimum Gasteiger partial charge on any atom is -0.476 e. The Morgan fingerprint density at radius 1 is 1.53 bits per heavy atom. The molecule has 0 aliphatic carbocycles. The topological polar surface area (TPSA) is 123 Å². The van der Waals surface area contributed by atoms with Gasteiger partial charge in [-0.2, -0.15) is 0 Å². The number of nitrogens with one attached hydrogen (secondary N) is 1. The zero-order chi connectivity index (χ0) is 12.8. The van der Waals surface area contributed by atoms with Crippen LogP contribution in [-0.4, -0.2) is 38.5 Å². The number of carbonyl (C=O) groups is 2. The molecule has 1 amide bonds. The monoisotopic (exact) mass is 241 g/mol. The normalized spacial score (nSPS) is 10.2. The molecule has 0 spiro atoms. The average molecular weight is 241 g/mol. The molecule has 0 aromatic carbocycles. The molecule has 0 aliphatic rings. The Hall–Kier alpha value is -1.96. The molecule has 0 aliphatic heterocycles. The van der Waals surface area contributed by atoms with E-state index in [9.17, 15) is 9.59 Å². The molecular formula is C9H15N5O3. The number of hydrogen-bond donors (Lipinski definition) is 3. The number of nitrogens with zero attached hydrogens (tertiary/aromatic N) is 3. The van der Waals surface area contributed by atoms with Crippen molar-refractivity contribution < 1.29 is 14.7 Å². The lowest BCUT2D eigenvalue weighted by Gasteiger charge is -2.05. The first-order valence-corrected chi connectivity index (χ1v) is 5.22. The summed E-state index contributed by atoms with van der Waals surface area (Å²) in [5.41, 5.74) is 5.44. The van der Waals surface area contributed by atoms with Crippen LogP contribution in [0.5, 0.6) is 0 Å².